The molecule has 9 heteroatoms. The first-order valence-corrected chi connectivity index (χ1v) is 11.7. The molecule has 0 heterocycles. The van der Waals surface area contributed by atoms with E-state index in [4.69, 9.17) is 14.2 Å². The van der Waals surface area contributed by atoms with Gasteiger partial charge in [0.25, 0.3) is 0 Å². The van der Waals surface area contributed by atoms with Gasteiger partial charge in [-0.15, -0.1) is 0 Å². The first-order valence-electron chi connectivity index (χ1n) is 11.7. The number of anilines is 2. The number of esters is 2. The molecule has 0 saturated carbocycles. The van der Waals surface area contributed by atoms with Crippen molar-refractivity contribution in [2.45, 2.75) is 51.6 Å². The topological polar surface area (TPSA) is 73.9 Å². The zero-order valence-electron chi connectivity index (χ0n) is 19.9. The van der Waals surface area contributed by atoms with Crippen LogP contribution in [0.25, 0.3) is 0 Å². The minimum atomic E-state index is -4.47. The van der Waals surface area contributed by atoms with E-state index in [-0.39, 0.29) is 43.6 Å². The lowest BCUT2D eigenvalue weighted by Crippen LogP contribution is -2.15. The number of carbonyl (C=O) groups excluding carboxylic acids is 2. The van der Waals surface area contributed by atoms with Crippen LogP contribution in [0.2, 0.25) is 0 Å². The lowest BCUT2D eigenvalue weighted by molar-refractivity contribution is -0.145. The van der Waals surface area contributed by atoms with E-state index in [1.165, 1.54) is 24.6 Å². The summed E-state index contributed by atoms with van der Waals surface area (Å²) in [7, 11) is 0. The van der Waals surface area contributed by atoms with E-state index in [2.05, 4.69) is 12.2 Å². The van der Waals surface area contributed by atoms with E-state index in [1.54, 1.807) is 18.2 Å². The van der Waals surface area contributed by atoms with Crippen molar-refractivity contribution in [3.8, 4) is 0 Å². The third-order valence-electron chi connectivity index (χ3n) is 5.05. The molecule has 2 rings (SSSR count). The van der Waals surface area contributed by atoms with Gasteiger partial charge in [0.2, 0.25) is 0 Å². The lowest BCUT2D eigenvalue weighted by atomic mass is 10.1. The Hall–Kier alpha value is -3.07. The number of nitrogens with one attached hydrogen (secondary N) is 1. The average molecular weight is 496 g/mol. The SMILES string of the molecule is CCCCCCCC(=O)OCCOCCOC(=O)c1ccccc1Nc1cccc(C(F)(F)F)c1. The van der Waals surface area contributed by atoms with Gasteiger partial charge in [-0.3, -0.25) is 4.79 Å². The summed E-state index contributed by atoms with van der Waals surface area (Å²) < 4.78 is 54.5. The fraction of sp³-hybridized carbons (Fsp3) is 0.462. The van der Waals surface area contributed by atoms with Crippen LogP contribution < -0.4 is 5.32 Å². The largest absolute Gasteiger partial charge is 0.463 e. The maximum absolute atomic E-state index is 13.0. The van der Waals surface area contributed by atoms with Crippen LogP contribution in [0.5, 0.6) is 0 Å². The number of ether oxygens (including phenoxy) is 3. The van der Waals surface area contributed by atoms with Crippen molar-refractivity contribution in [1.82, 2.24) is 0 Å². The van der Waals surface area contributed by atoms with E-state index in [9.17, 15) is 22.8 Å². The summed E-state index contributed by atoms with van der Waals surface area (Å²) >= 11 is 0. The first-order chi connectivity index (χ1) is 16.8. The molecular weight excluding hydrogens is 463 g/mol. The third kappa shape index (κ3) is 10.8. The third-order valence-corrected chi connectivity index (χ3v) is 5.05. The predicted octanol–water partition coefficient (Wildman–Crippen LogP) is 6.53. The first kappa shape index (κ1) is 28.2. The van der Waals surface area contributed by atoms with Crippen LogP contribution in [-0.4, -0.2) is 38.4 Å². The summed E-state index contributed by atoms with van der Waals surface area (Å²) in [5, 5.41) is 2.84. The van der Waals surface area contributed by atoms with Crippen molar-refractivity contribution in [2.24, 2.45) is 0 Å². The molecule has 0 aliphatic carbocycles. The molecule has 1 N–H and O–H groups in total. The fourth-order valence-electron chi connectivity index (χ4n) is 3.23. The molecule has 0 atom stereocenters. The molecule has 0 aliphatic heterocycles. The Balaban J connectivity index is 1.70. The van der Waals surface area contributed by atoms with Gasteiger partial charge in [-0.2, -0.15) is 13.2 Å². The molecule has 0 amide bonds. The van der Waals surface area contributed by atoms with Gasteiger partial charge in [0, 0.05) is 12.1 Å². The van der Waals surface area contributed by atoms with Gasteiger partial charge in [-0.1, -0.05) is 50.8 Å². The molecule has 0 bridgehead atoms. The normalized spacial score (nSPS) is 11.2. The number of hydrogen-bond donors (Lipinski definition) is 1. The van der Waals surface area contributed by atoms with Crippen LogP contribution in [0.3, 0.4) is 0 Å². The Morgan fingerprint density at radius 2 is 1.57 bits per heavy atom. The van der Waals surface area contributed by atoms with E-state index in [0.29, 0.717) is 12.1 Å². The highest BCUT2D eigenvalue weighted by molar-refractivity contribution is 5.96. The van der Waals surface area contributed by atoms with Gasteiger partial charge in [0.15, 0.2) is 0 Å². The summed E-state index contributed by atoms with van der Waals surface area (Å²) in [6.07, 6.45) is 1.21. The van der Waals surface area contributed by atoms with Crippen molar-refractivity contribution in [3.05, 3.63) is 59.7 Å². The number of benzene rings is 2. The molecule has 0 spiro atoms. The second kappa shape index (κ2) is 15.0. The summed E-state index contributed by atoms with van der Waals surface area (Å²) in [4.78, 5) is 24.1. The molecule has 35 heavy (non-hydrogen) atoms. The molecule has 2 aromatic carbocycles. The van der Waals surface area contributed by atoms with Crippen LogP contribution in [0.4, 0.5) is 24.5 Å². The second-order valence-corrected chi connectivity index (χ2v) is 7.88. The van der Waals surface area contributed by atoms with Crippen LogP contribution >= 0.6 is 0 Å². The van der Waals surface area contributed by atoms with Gasteiger partial charge < -0.3 is 19.5 Å². The van der Waals surface area contributed by atoms with Gasteiger partial charge in [0.05, 0.1) is 30.0 Å². The van der Waals surface area contributed by atoms with Crippen LogP contribution in [0.15, 0.2) is 48.5 Å². The molecule has 0 saturated heterocycles. The van der Waals surface area contributed by atoms with Gasteiger partial charge in [-0.25, -0.2) is 4.79 Å². The molecule has 0 aliphatic rings. The van der Waals surface area contributed by atoms with Crippen molar-refractivity contribution < 1.29 is 37.0 Å². The number of unbranched alkanes of at least 4 members (excludes halogenated alkanes) is 4. The van der Waals surface area contributed by atoms with Crippen LogP contribution in [-0.2, 0) is 25.2 Å². The zero-order chi connectivity index (χ0) is 25.5. The molecule has 0 unspecified atom stereocenters. The molecular formula is C26H32F3NO5. The standard InChI is InChI=1S/C26H32F3NO5/c1-2-3-4-5-6-14-24(31)34-17-15-33-16-18-35-25(32)22-12-7-8-13-23(22)30-21-11-9-10-20(19-21)26(27,28)29/h7-13,19,30H,2-6,14-18H2,1H3. The Labute approximate surface area is 203 Å². The van der Waals surface area contributed by atoms with Crippen LogP contribution in [0.1, 0.15) is 61.4 Å². The average Bonchev–Trinajstić information content (AvgIpc) is 2.83. The minimum absolute atomic E-state index is 0.0257. The zero-order valence-corrected chi connectivity index (χ0v) is 19.9. The highest BCUT2D eigenvalue weighted by Crippen LogP contribution is 2.32. The number of rotatable bonds is 15. The lowest BCUT2D eigenvalue weighted by Gasteiger charge is -2.13. The molecule has 2 aromatic rings. The molecule has 0 fully saturated rings. The van der Waals surface area contributed by atoms with Crippen molar-refractivity contribution >= 4 is 23.3 Å². The summed E-state index contributed by atoms with van der Waals surface area (Å²) in [6.45, 7) is 2.54. The molecule has 0 radical (unpaired) electrons. The number of carbonyl (C=O) groups is 2. The second-order valence-electron chi connectivity index (χ2n) is 7.88. The predicted molar refractivity (Wildman–Crippen MR) is 127 cm³/mol. The molecule has 0 aromatic heterocycles. The van der Waals surface area contributed by atoms with Gasteiger partial charge in [0.1, 0.15) is 13.2 Å². The van der Waals surface area contributed by atoms with Crippen molar-refractivity contribution in [3.63, 3.8) is 0 Å². The van der Waals surface area contributed by atoms with Crippen LogP contribution in [0, 0.1) is 0 Å². The van der Waals surface area contributed by atoms with Crippen molar-refractivity contribution in [1.29, 1.82) is 0 Å². The number of hydrogen-bond acceptors (Lipinski definition) is 6. The highest BCUT2D eigenvalue weighted by atomic mass is 19.4. The smallest absolute Gasteiger partial charge is 0.416 e. The van der Waals surface area contributed by atoms with Gasteiger partial charge >= 0.3 is 18.1 Å². The number of para-hydroxylation sites is 1. The molecule has 6 nitrogen and oxygen atoms in total. The summed E-state index contributed by atoms with van der Waals surface area (Å²) in [5.74, 6) is -0.889. The molecule has 192 valence electrons. The Kier molecular flexibility index (Phi) is 12.1. The van der Waals surface area contributed by atoms with E-state index in [0.717, 1.165) is 37.8 Å². The highest BCUT2D eigenvalue weighted by Gasteiger charge is 2.30. The number of alkyl halides is 3. The monoisotopic (exact) mass is 495 g/mol. The Morgan fingerprint density at radius 3 is 2.31 bits per heavy atom. The summed E-state index contributed by atoms with van der Waals surface area (Å²) in [6, 6.07) is 11.1. The fourth-order valence-corrected chi connectivity index (χ4v) is 3.23. The van der Waals surface area contributed by atoms with Gasteiger partial charge in [-0.05, 0) is 36.8 Å². The quantitative estimate of drug-likeness (QED) is 0.224. The van der Waals surface area contributed by atoms with Crippen molar-refractivity contribution in [2.75, 3.05) is 31.7 Å². The summed E-state index contributed by atoms with van der Waals surface area (Å²) in [5.41, 5.74) is -0.103. The Bertz CT molecular complexity index is 933. The van der Waals surface area contributed by atoms with E-state index >= 15 is 0 Å². The Morgan fingerprint density at radius 1 is 0.857 bits per heavy atom. The minimum Gasteiger partial charge on any atom is -0.463 e. The van der Waals surface area contributed by atoms with E-state index < -0.39 is 17.7 Å². The number of halogens is 3. The van der Waals surface area contributed by atoms with E-state index in [1.807, 2.05) is 0 Å². The maximum Gasteiger partial charge on any atom is 0.416 e. The maximum atomic E-state index is 13.0.